The van der Waals surface area contributed by atoms with Crippen LogP contribution >= 0.6 is 11.6 Å². The summed E-state index contributed by atoms with van der Waals surface area (Å²) in [6.07, 6.45) is 0. The van der Waals surface area contributed by atoms with Gasteiger partial charge in [-0.1, -0.05) is 35.9 Å². The van der Waals surface area contributed by atoms with Gasteiger partial charge >= 0.3 is 0 Å². The molecule has 2 nitrogen and oxygen atoms in total. The highest BCUT2D eigenvalue weighted by atomic mass is 35.5. The van der Waals surface area contributed by atoms with E-state index >= 15 is 0 Å². The average Bonchev–Trinajstić information content (AvgIpc) is 2.31. The van der Waals surface area contributed by atoms with Crippen molar-refractivity contribution in [2.75, 3.05) is 7.11 Å². The van der Waals surface area contributed by atoms with Crippen molar-refractivity contribution in [1.82, 2.24) is 0 Å². The SMILES string of the molecule is COc1cc(-c2ccccc2Cl)ccc1O. The lowest BCUT2D eigenvalue weighted by Gasteiger charge is -2.08. The normalized spacial score (nSPS) is 10.1. The van der Waals surface area contributed by atoms with Crippen molar-refractivity contribution in [1.29, 1.82) is 0 Å². The minimum absolute atomic E-state index is 0.123. The molecule has 0 fully saturated rings. The second-order valence-corrected chi connectivity index (χ2v) is 3.77. The fourth-order valence-corrected chi connectivity index (χ4v) is 1.79. The van der Waals surface area contributed by atoms with Crippen LogP contribution in [0.2, 0.25) is 5.02 Å². The number of methoxy groups -OCH3 is 1. The van der Waals surface area contributed by atoms with Crippen LogP contribution in [0.15, 0.2) is 42.5 Å². The number of hydrogen-bond acceptors (Lipinski definition) is 2. The van der Waals surface area contributed by atoms with Crippen LogP contribution < -0.4 is 4.74 Å². The molecule has 0 aliphatic rings. The van der Waals surface area contributed by atoms with Gasteiger partial charge in [0.1, 0.15) is 0 Å². The third-order valence-electron chi connectivity index (χ3n) is 2.36. The molecule has 0 heterocycles. The number of phenolic OH excluding ortho intramolecular Hbond substituents is 1. The summed E-state index contributed by atoms with van der Waals surface area (Å²) < 4.78 is 5.05. The van der Waals surface area contributed by atoms with Crippen LogP contribution in [-0.2, 0) is 0 Å². The first-order chi connectivity index (χ1) is 7.72. The molecule has 2 rings (SSSR count). The smallest absolute Gasteiger partial charge is 0.161 e. The molecule has 1 N–H and O–H groups in total. The molecular formula is C13H11ClO2. The first-order valence-corrected chi connectivity index (χ1v) is 5.22. The Morgan fingerprint density at radius 1 is 1.12 bits per heavy atom. The summed E-state index contributed by atoms with van der Waals surface area (Å²) in [6, 6.07) is 12.7. The van der Waals surface area contributed by atoms with E-state index in [1.165, 1.54) is 7.11 Å². The van der Waals surface area contributed by atoms with Gasteiger partial charge in [-0.25, -0.2) is 0 Å². The predicted molar refractivity (Wildman–Crippen MR) is 65.1 cm³/mol. The fourth-order valence-electron chi connectivity index (χ4n) is 1.54. The van der Waals surface area contributed by atoms with Gasteiger partial charge in [0.25, 0.3) is 0 Å². The maximum absolute atomic E-state index is 9.49. The molecule has 0 saturated carbocycles. The van der Waals surface area contributed by atoms with E-state index in [0.717, 1.165) is 11.1 Å². The maximum atomic E-state index is 9.49. The molecule has 0 bridgehead atoms. The van der Waals surface area contributed by atoms with Crippen LogP contribution in [-0.4, -0.2) is 12.2 Å². The lowest BCUT2D eigenvalue weighted by molar-refractivity contribution is 0.373. The van der Waals surface area contributed by atoms with E-state index in [-0.39, 0.29) is 5.75 Å². The Morgan fingerprint density at radius 2 is 1.88 bits per heavy atom. The standard InChI is InChI=1S/C13H11ClO2/c1-16-13-8-9(6-7-12(13)15)10-4-2-3-5-11(10)14/h2-8,15H,1H3. The van der Waals surface area contributed by atoms with Crippen LogP contribution in [0.5, 0.6) is 11.5 Å². The number of halogens is 1. The highest BCUT2D eigenvalue weighted by Gasteiger charge is 2.06. The first kappa shape index (κ1) is 10.8. The van der Waals surface area contributed by atoms with Gasteiger partial charge in [-0.2, -0.15) is 0 Å². The lowest BCUT2D eigenvalue weighted by Crippen LogP contribution is -1.85. The van der Waals surface area contributed by atoms with Crippen molar-refractivity contribution in [3.05, 3.63) is 47.5 Å². The zero-order valence-electron chi connectivity index (χ0n) is 8.77. The maximum Gasteiger partial charge on any atom is 0.161 e. The largest absolute Gasteiger partial charge is 0.504 e. The summed E-state index contributed by atoms with van der Waals surface area (Å²) in [5, 5.41) is 10.2. The molecule has 0 aliphatic carbocycles. The summed E-state index contributed by atoms with van der Waals surface area (Å²) in [4.78, 5) is 0. The first-order valence-electron chi connectivity index (χ1n) is 4.84. The second kappa shape index (κ2) is 4.45. The molecule has 3 heteroatoms. The van der Waals surface area contributed by atoms with Gasteiger partial charge in [-0.05, 0) is 23.8 Å². The van der Waals surface area contributed by atoms with Crippen molar-refractivity contribution < 1.29 is 9.84 Å². The molecule has 0 atom stereocenters. The van der Waals surface area contributed by atoms with Gasteiger partial charge in [-0.3, -0.25) is 0 Å². The monoisotopic (exact) mass is 234 g/mol. The van der Waals surface area contributed by atoms with Crippen LogP contribution in [0, 0.1) is 0 Å². The molecule has 0 amide bonds. The zero-order chi connectivity index (χ0) is 11.5. The van der Waals surface area contributed by atoms with Gasteiger partial charge in [-0.15, -0.1) is 0 Å². The number of aromatic hydroxyl groups is 1. The van der Waals surface area contributed by atoms with Crippen molar-refractivity contribution >= 4 is 11.6 Å². The molecule has 0 spiro atoms. The molecular weight excluding hydrogens is 224 g/mol. The highest BCUT2D eigenvalue weighted by Crippen LogP contribution is 2.34. The Hall–Kier alpha value is -1.67. The Bertz CT molecular complexity index is 509. The molecule has 16 heavy (non-hydrogen) atoms. The third-order valence-corrected chi connectivity index (χ3v) is 2.69. The van der Waals surface area contributed by atoms with Crippen LogP contribution in [0.1, 0.15) is 0 Å². The number of rotatable bonds is 2. The van der Waals surface area contributed by atoms with Gasteiger partial charge < -0.3 is 9.84 Å². The average molecular weight is 235 g/mol. The van der Waals surface area contributed by atoms with Crippen LogP contribution in [0.25, 0.3) is 11.1 Å². The highest BCUT2D eigenvalue weighted by molar-refractivity contribution is 6.33. The van der Waals surface area contributed by atoms with Crippen molar-refractivity contribution in [3.63, 3.8) is 0 Å². The van der Waals surface area contributed by atoms with E-state index in [2.05, 4.69) is 0 Å². The lowest BCUT2D eigenvalue weighted by atomic mass is 10.1. The van der Waals surface area contributed by atoms with E-state index in [1.807, 2.05) is 24.3 Å². The predicted octanol–water partition coefficient (Wildman–Crippen LogP) is 3.72. The third kappa shape index (κ3) is 1.97. The molecule has 2 aromatic rings. The van der Waals surface area contributed by atoms with E-state index in [0.29, 0.717) is 10.8 Å². The molecule has 0 aromatic heterocycles. The van der Waals surface area contributed by atoms with Crippen molar-refractivity contribution in [2.24, 2.45) is 0 Å². The summed E-state index contributed by atoms with van der Waals surface area (Å²) in [5.41, 5.74) is 1.84. The Kier molecular flexibility index (Phi) is 3.02. The quantitative estimate of drug-likeness (QED) is 0.858. The van der Waals surface area contributed by atoms with E-state index in [9.17, 15) is 5.11 Å². The molecule has 0 radical (unpaired) electrons. The fraction of sp³-hybridized carbons (Fsp3) is 0.0769. The molecule has 2 aromatic carbocycles. The second-order valence-electron chi connectivity index (χ2n) is 3.37. The van der Waals surface area contributed by atoms with Crippen LogP contribution in [0.3, 0.4) is 0 Å². The van der Waals surface area contributed by atoms with Gasteiger partial charge in [0.15, 0.2) is 11.5 Å². The molecule has 0 aliphatic heterocycles. The Labute approximate surface area is 99.1 Å². The summed E-state index contributed by atoms with van der Waals surface area (Å²) in [6.45, 7) is 0. The van der Waals surface area contributed by atoms with E-state index in [4.69, 9.17) is 16.3 Å². The summed E-state index contributed by atoms with van der Waals surface area (Å²) in [5.74, 6) is 0.565. The van der Waals surface area contributed by atoms with Gasteiger partial charge in [0, 0.05) is 10.6 Å². The summed E-state index contributed by atoms with van der Waals surface area (Å²) >= 11 is 6.09. The topological polar surface area (TPSA) is 29.5 Å². The number of ether oxygens (including phenoxy) is 1. The van der Waals surface area contributed by atoms with Crippen molar-refractivity contribution in [3.8, 4) is 22.6 Å². The summed E-state index contributed by atoms with van der Waals surface area (Å²) in [7, 11) is 1.52. The molecule has 0 saturated heterocycles. The zero-order valence-corrected chi connectivity index (χ0v) is 9.53. The van der Waals surface area contributed by atoms with Crippen molar-refractivity contribution in [2.45, 2.75) is 0 Å². The molecule has 82 valence electrons. The number of benzene rings is 2. The Balaban J connectivity index is 2.53. The number of phenols is 1. The number of hydrogen-bond donors (Lipinski definition) is 1. The van der Waals surface area contributed by atoms with Gasteiger partial charge in [0.2, 0.25) is 0 Å². The molecule has 0 unspecified atom stereocenters. The van der Waals surface area contributed by atoms with E-state index in [1.54, 1.807) is 18.2 Å². The minimum atomic E-state index is 0.123. The minimum Gasteiger partial charge on any atom is -0.504 e. The van der Waals surface area contributed by atoms with Gasteiger partial charge in [0.05, 0.1) is 7.11 Å². The Morgan fingerprint density at radius 3 is 2.56 bits per heavy atom. The van der Waals surface area contributed by atoms with E-state index < -0.39 is 0 Å². The van der Waals surface area contributed by atoms with Crippen LogP contribution in [0.4, 0.5) is 0 Å².